The van der Waals surface area contributed by atoms with Gasteiger partial charge in [0.15, 0.2) is 11.5 Å². The molecule has 0 radical (unpaired) electrons. The molecule has 0 saturated heterocycles. The van der Waals surface area contributed by atoms with Gasteiger partial charge in [-0.15, -0.1) is 0 Å². The first-order valence-electron chi connectivity index (χ1n) is 7.49. The van der Waals surface area contributed by atoms with E-state index in [1.165, 1.54) is 7.11 Å². The quantitative estimate of drug-likeness (QED) is 0.859. The zero-order valence-electron chi connectivity index (χ0n) is 12.8. The third kappa shape index (κ3) is 2.97. The fourth-order valence-electron chi connectivity index (χ4n) is 2.62. The molecule has 2 aliphatic rings. The minimum absolute atomic E-state index is 0.229. The van der Waals surface area contributed by atoms with Crippen LogP contribution in [-0.2, 0) is 0 Å². The first kappa shape index (κ1) is 15.0. The lowest BCUT2D eigenvalue weighted by Crippen LogP contribution is -2.42. The van der Waals surface area contributed by atoms with Crippen molar-refractivity contribution in [2.45, 2.75) is 25.4 Å². The first-order chi connectivity index (χ1) is 10.5. The molecule has 1 unspecified atom stereocenters. The minimum atomic E-state index is -0.854. The number of carbonyl (C=O) groups is 1. The maximum atomic E-state index is 12.3. The van der Waals surface area contributed by atoms with E-state index in [1.807, 2.05) is 0 Å². The van der Waals surface area contributed by atoms with Gasteiger partial charge in [-0.1, -0.05) is 0 Å². The summed E-state index contributed by atoms with van der Waals surface area (Å²) >= 11 is 0. The standard InChI is InChI=1S/C16H21NO5/c1-16(19,11-3-4-11)9-17-15(18)10-7-12(20-2)14-13(8-10)21-5-6-22-14/h7-8,11,19H,3-6,9H2,1-2H3,(H,17,18). The van der Waals surface area contributed by atoms with Crippen LogP contribution in [0.3, 0.4) is 0 Å². The van der Waals surface area contributed by atoms with Crippen LogP contribution in [0.2, 0.25) is 0 Å². The molecule has 0 bridgehead atoms. The smallest absolute Gasteiger partial charge is 0.251 e. The van der Waals surface area contributed by atoms with Gasteiger partial charge in [0, 0.05) is 12.1 Å². The molecule has 1 aliphatic carbocycles. The molecule has 0 spiro atoms. The summed E-state index contributed by atoms with van der Waals surface area (Å²) in [6.07, 6.45) is 2.03. The zero-order valence-corrected chi connectivity index (χ0v) is 12.8. The molecule has 1 fully saturated rings. The Kier molecular flexibility index (Phi) is 3.87. The predicted molar refractivity (Wildman–Crippen MR) is 79.7 cm³/mol. The summed E-state index contributed by atoms with van der Waals surface area (Å²) in [5.41, 5.74) is -0.430. The van der Waals surface area contributed by atoms with Crippen LogP contribution in [0.4, 0.5) is 0 Å². The Morgan fingerprint density at radius 1 is 1.41 bits per heavy atom. The van der Waals surface area contributed by atoms with E-state index in [0.717, 1.165) is 12.8 Å². The van der Waals surface area contributed by atoms with Gasteiger partial charge in [0.1, 0.15) is 13.2 Å². The minimum Gasteiger partial charge on any atom is -0.493 e. The van der Waals surface area contributed by atoms with Crippen molar-refractivity contribution in [2.75, 3.05) is 26.9 Å². The van der Waals surface area contributed by atoms with E-state index >= 15 is 0 Å². The van der Waals surface area contributed by atoms with Crippen molar-refractivity contribution in [1.29, 1.82) is 0 Å². The monoisotopic (exact) mass is 307 g/mol. The third-order valence-electron chi connectivity index (χ3n) is 4.15. The van der Waals surface area contributed by atoms with Gasteiger partial charge in [0.25, 0.3) is 5.91 Å². The molecule has 1 aromatic carbocycles. The van der Waals surface area contributed by atoms with Crippen LogP contribution in [0.15, 0.2) is 12.1 Å². The van der Waals surface area contributed by atoms with Crippen LogP contribution in [0.25, 0.3) is 0 Å². The van der Waals surface area contributed by atoms with E-state index in [2.05, 4.69) is 5.32 Å². The largest absolute Gasteiger partial charge is 0.493 e. The van der Waals surface area contributed by atoms with Gasteiger partial charge >= 0.3 is 0 Å². The molecule has 1 aliphatic heterocycles. The first-order valence-corrected chi connectivity index (χ1v) is 7.49. The Hall–Kier alpha value is -1.95. The Morgan fingerprint density at radius 3 is 2.82 bits per heavy atom. The molecular weight excluding hydrogens is 286 g/mol. The number of hydrogen-bond donors (Lipinski definition) is 2. The molecule has 22 heavy (non-hydrogen) atoms. The van der Waals surface area contributed by atoms with Gasteiger partial charge < -0.3 is 24.6 Å². The normalized spacial score (nSPS) is 19.2. The number of rotatable bonds is 5. The van der Waals surface area contributed by atoms with E-state index in [-0.39, 0.29) is 18.4 Å². The lowest BCUT2D eigenvalue weighted by molar-refractivity contribution is 0.0354. The van der Waals surface area contributed by atoms with Crippen LogP contribution >= 0.6 is 0 Å². The topological polar surface area (TPSA) is 77.0 Å². The Labute approximate surface area is 129 Å². The number of fused-ring (bicyclic) bond motifs is 1. The summed E-state index contributed by atoms with van der Waals surface area (Å²) in [5.74, 6) is 1.51. The molecular formula is C16H21NO5. The summed E-state index contributed by atoms with van der Waals surface area (Å²) in [5, 5.41) is 13.0. The van der Waals surface area contributed by atoms with Crippen molar-refractivity contribution in [3.63, 3.8) is 0 Å². The maximum Gasteiger partial charge on any atom is 0.251 e. The second kappa shape index (κ2) is 5.68. The molecule has 1 aromatic rings. The van der Waals surface area contributed by atoms with Crippen molar-refractivity contribution >= 4 is 5.91 Å². The van der Waals surface area contributed by atoms with Crippen molar-refractivity contribution in [2.24, 2.45) is 5.92 Å². The van der Waals surface area contributed by atoms with E-state index in [4.69, 9.17) is 14.2 Å². The lowest BCUT2D eigenvalue weighted by Gasteiger charge is -2.24. The molecule has 3 rings (SSSR count). The second-order valence-corrected chi connectivity index (χ2v) is 6.02. The molecule has 2 N–H and O–H groups in total. The van der Waals surface area contributed by atoms with Crippen molar-refractivity contribution in [3.05, 3.63) is 17.7 Å². The SMILES string of the molecule is COc1cc(C(=O)NCC(C)(O)C2CC2)cc2c1OCCO2. The molecule has 120 valence electrons. The Morgan fingerprint density at radius 2 is 2.14 bits per heavy atom. The number of methoxy groups -OCH3 is 1. The third-order valence-corrected chi connectivity index (χ3v) is 4.15. The predicted octanol–water partition coefficient (Wildman–Crippen LogP) is 1.36. The Bertz CT molecular complexity index is 563. The summed E-state index contributed by atoms with van der Waals surface area (Å²) in [6, 6.07) is 3.26. The van der Waals surface area contributed by atoms with Gasteiger partial charge in [-0.25, -0.2) is 0 Å². The molecule has 1 saturated carbocycles. The molecule has 6 heteroatoms. The maximum absolute atomic E-state index is 12.3. The highest BCUT2D eigenvalue weighted by molar-refractivity contribution is 5.95. The van der Waals surface area contributed by atoms with E-state index in [1.54, 1.807) is 19.1 Å². The van der Waals surface area contributed by atoms with Gasteiger partial charge in [0.05, 0.1) is 12.7 Å². The van der Waals surface area contributed by atoms with Crippen molar-refractivity contribution in [3.8, 4) is 17.2 Å². The average molecular weight is 307 g/mol. The highest BCUT2D eigenvalue weighted by Gasteiger charge is 2.40. The number of carbonyl (C=O) groups excluding carboxylic acids is 1. The van der Waals surface area contributed by atoms with Gasteiger partial charge in [-0.2, -0.15) is 0 Å². The molecule has 1 amide bonds. The summed E-state index contributed by atoms with van der Waals surface area (Å²) in [7, 11) is 1.52. The molecule has 1 atom stereocenters. The van der Waals surface area contributed by atoms with Crippen LogP contribution in [0.5, 0.6) is 17.2 Å². The second-order valence-electron chi connectivity index (χ2n) is 6.02. The van der Waals surface area contributed by atoms with Gasteiger partial charge in [-0.05, 0) is 37.8 Å². The molecule has 0 aromatic heterocycles. The van der Waals surface area contributed by atoms with Crippen molar-refractivity contribution < 1.29 is 24.1 Å². The van der Waals surface area contributed by atoms with Crippen LogP contribution < -0.4 is 19.5 Å². The van der Waals surface area contributed by atoms with Crippen molar-refractivity contribution in [1.82, 2.24) is 5.32 Å². The highest BCUT2D eigenvalue weighted by Crippen LogP contribution is 2.41. The number of hydrogen-bond acceptors (Lipinski definition) is 5. The van der Waals surface area contributed by atoms with E-state index in [9.17, 15) is 9.90 Å². The van der Waals surface area contributed by atoms with E-state index < -0.39 is 5.60 Å². The van der Waals surface area contributed by atoms with Crippen LogP contribution in [0, 0.1) is 5.92 Å². The number of aliphatic hydroxyl groups is 1. The zero-order chi connectivity index (χ0) is 15.7. The summed E-state index contributed by atoms with van der Waals surface area (Å²) in [6.45, 7) is 2.89. The number of benzene rings is 1. The lowest BCUT2D eigenvalue weighted by atomic mass is 10.0. The summed E-state index contributed by atoms with van der Waals surface area (Å²) < 4.78 is 16.3. The number of nitrogens with one attached hydrogen (secondary N) is 1. The summed E-state index contributed by atoms with van der Waals surface area (Å²) in [4.78, 5) is 12.3. The highest BCUT2D eigenvalue weighted by atomic mass is 16.6. The van der Waals surface area contributed by atoms with Crippen LogP contribution in [0.1, 0.15) is 30.1 Å². The number of amides is 1. The molecule has 1 heterocycles. The van der Waals surface area contributed by atoms with Crippen LogP contribution in [-0.4, -0.2) is 43.5 Å². The van der Waals surface area contributed by atoms with Gasteiger partial charge in [0.2, 0.25) is 5.75 Å². The average Bonchev–Trinajstić information content (AvgIpc) is 3.37. The van der Waals surface area contributed by atoms with Gasteiger partial charge in [-0.3, -0.25) is 4.79 Å². The van der Waals surface area contributed by atoms with E-state index in [0.29, 0.717) is 36.0 Å². The number of ether oxygens (including phenoxy) is 3. The molecule has 6 nitrogen and oxygen atoms in total. The fourth-order valence-corrected chi connectivity index (χ4v) is 2.62. The Balaban J connectivity index is 1.74. The fraction of sp³-hybridized carbons (Fsp3) is 0.562.